The van der Waals surface area contributed by atoms with Crippen LogP contribution in [0, 0.1) is 11.8 Å². The number of carbonyl (C=O) groups excluding carboxylic acids is 3. The Balaban J connectivity index is 1.69. The molecule has 36 heavy (non-hydrogen) atoms. The number of β-amino-alcohol motifs (C(OH)–C–C–N with tert-alkyl or cyclic N) is 1. The van der Waals surface area contributed by atoms with Gasteiger partial charge in [0.15, 0.2) is 0 Å². The Morgan fingerprint density at radius 3 is 2.50 bits per heavy atom. The van der Waals surface area contributed by atoms with Crippen molar-refractivity contribution in [1.82, 2.24) is 14.7 Å². The lowest BCUT2D eigenvalue weighted by atomic mass is 9.70. The van der Waals surface area contributed by atoms with Crippen molar-refractivity contribution in [1.29, 1.82) is 0 Å². The molecule has 1 N–H and O–H groups in total. The number of carbonyl (C=O) groups is 3. The predicted octanol–water partition coefficient (Wildman–Crippen LogP) is 2.71. The van der Waals surface area contributed by atoms with Crippen molar-refractivity contribution in [3.05, 3.63) is 61.2 Å². The highest BCUT2D eigenvalue weighted by Gasteiger charge is 2.73. The van der Waals surface area contributed by atoms with Crippen LogP contribution in [-0.4, -0.2) is 86.4 Å². The van der Waals surface area contributed by atoms with Crippen molar-refractivity contribution in [2.24, 2.45) is 11.8 Å². The van der Waals surface area contributed by atoms with E-state index in [2.05, 4.69) is 13.2 Å². The van der Waals surface area contributed by atoms with Gasteiger partial charge in [-0.05, 0) is 24.8 Å². The van der Waals surface area contributed by atoms with Gasteiger partial charge in [-0.25, -0.2) is 0 Å². The van der Waals surface area contributed by atoms with Crippen LogP contribution >= 0.6 is 11.8 Å². The molecule has 3 aliphatic heterocycles. The standard InChI is InChI=1S/C28H37N3O4S/c1-4-14-29(15-5-2)25(33)22-21-12-13-28(36-21)23(22)26(34)31(17-18-32)24(28)27(35)30(16-6-3)19-20-10-8-7-9-11-20/h4,6-11,21-24,32H,1,3,5,12-19H2,2H3/t21-,22+,23+,24?,28?/m1/s1. The summed E-state index contributed by atoms with van der Waals surface area (Å²) in [6.45, 7) is 11.3. The second kappa shape index (κ2) is 11.2. The summed E-state index contributed by atoms with van der Waals surface area (Å²) in [5.74, 6) is -1.34. The number of thioether (sulfide) groups is 1. The van der Waals surface area contributed by atoms with Crippen molar-refractivity contribution in [3.8, 4) is 0 Å². The van der Waals surface area contributed by atoms with Gasteiger partial charge in [0.25, 0.3) is 0 Å². The first kappa shape index (κ1) is 26.5. The zero-order valence-electron chi connectivity index (χ0n) is 21.1. The number of hydrogen-bond acceptors (Lipinski definition) is 5. The van der Waals surface area contributed by atoms with E-state index >= 15 is 0 Å². The van der Waals surface area contributed by atoms with Gasteiger partial charge in [0.05, 0.1) is 23.2 Å². The molecule has 2 bridgehead atoms. The number of hydrogen-bond donors (Lipinski definition) is 1. The van der Waals surface area contributed by atoms with Crippen LogP contribution in [0.4, 0.5) is 0 Å². The highest BCUT2D eigenvalue weighted by Crippen LogP contribution is 2.66. The highest BCUT2D eigenvalue weighted by molar-refractivity contribution is 8.02. The minimum absolute atomic E-state index is 0.0153. The van der Waals surface area contributed by atoms with Crippen molar-refractivity contribution < 1.29 is 19.5 Å². The molecule has 3 fully saturated rings. The van der Waals surface area contributed by atoms with Gasteiger partial charge in [0, 0.05) is 38.0 Å². The fourth-order valence-corrected chi connectivity index (χ4v) is 8.56. The van der Waals surface area contributed by atoms with E-state index in [1.165, 1.54) is 0 Å². The molecule has 2 unspecified atom stereocenters. The maximum Gasteiger partial charge on any atom is 0.247 e. The Labute approximate surface area is 218 Å². The molecule has 0 radical (unpaired) electrons. The molecule has 4 rings (SSSR count). The number of nitrogens with zero attached hydrogens (tertiary/aromatic N) is 3. The molecule has 1 spiro atoms. The molecule has 5 atom stereocenters. The van der Waals surface area contributed by atoms with Gasteiger partial charge < -0.3 is 19.8 Å². The summed E-state index contributed by atoms with van der Waals surface area (Å²) in [4.78, 5) is 46.9. The van der Waals surface area contributed by atoms with Gasteiger partial charge in [0.2, 0.25) is 17.7 Å². The Kier molecular flexibility index (Phi) is 8.25. The third kappa shape index (κ3) is 4.50. The minimum Gasteiger partial charge on any atom is -0.395 e. The summed E-state index contributed by atoms with van der Waals surface area (Å²) in [7, 11) is 0. The molecule has 3 saturated heterocycles. The van der Waals surface area contributed by atoms with E-state index in [4.69, 9.17) is 0 Å². The molecule has 3 heterocycles. The lowest BCUT2D eigenvalue weighted by molar-refractivity contribution is -0.145. The van der Waals surface area contributed by atoms with Gasteiger partial charge >= 0.3 is 0 Å². The fraction of sp³-hybridized carbons (Fsp3) is 0.536. The van der Waals surface area contributed by atoms with Crippen LogP contribution in [0.2, 0.25) is 0 Å². The molecule has 8 heteroatoms. The molecule has 7 nitrogen and oxygen atoms in total. The molecule has 1 aromatic rings. The topological polar surface area (TPSA) is 81.2 Å². The van der Waals surface area contributed by atoms with Crippen molar-refractivity contribution in [2.75, 3.05) is 32.8 Å². The Bertz CT molecular complexity index is 1000. The summed E-state index contributed by atoms with van der Waals surface area (Å²) < 4.78 is -0.656. The summed E-state index contributed by atoms with van der Waals surface area (Å²) in [5, 5.41) is 9.84. The quantitative estimate of drug-likeness (QED) is 0.437. The lowest BCUT2D eigenvalue weighted by Gasteiger charge is -2.37. The van der Waals surface area contributed by atoms with Crippen LogP contribution in [0.3, 0.4) is 0 Å². The average Bonchev–Trinajstić information content (AvgIpc) is 3.51. The average molecular weight is 512 g/mol. The Morgan fingerprint density at radius 1 is 1.17 bits per heavy atom. The number of aliphatic hydroxyl groups is 1. The molecule has 194 valence electrons. The normalized spacial score (nSPS) is 28.2. The smallest absolute Gasteiger partial charge is 0.247 e. The largest absolute Gasteiger partial charge is 0.395 e. The first-order valence-corrected chi connectivity index (χ1v) is 13.7. The SMILES string of the molecule is C=CCN(Cc1ccccc1)C(=O)C1N(CCO)C(=O)[C@@H]2[C@@H](C(=O)N(CC=C)CCC)[C@H]3CCC12S3. The van der Waals surface area contributed by atoms with E-state index in [9.17, 15) is 19.5 Å². The van der Waals surface area contributed by atoms with E-state index in [0.29, 0.717) is 32.6 Å². The van der Waals surface area contributed by atoms with Crippen LogP contribution in [-0.2, 0) is 20.9 Å². The number of aliphatic hydroxyl groups excluding tert-OH is 1. The Hall–Kier alpha value is -2.58. The number of fused-ring (bicyclic) bond motifs is 1. The number of benzene rings is 1. The van der Waals surface area contributed by atoms with Gasteiger partial charge in [0.1, 0.15) is 6.04 Å². The monoisotopic (exact) mass is 511 g/mol. The zero-order chi connectivity index (χ0) is 25.9. The molecule has 0 aliphatic carbocycles. The number of rotatable bonds is 12. The van der Waals surface area contributed by atoms with Gasteiger partial charge in [-0.2, -0.15) is 0 Å². The first-order chi connectivity index (χ1) is 17.4. The fourth-order valence-electron chi connectivity index (χ4n) is 6.36. The molecular formula is C28H37N3O4S. The van der Waals surface area contributed by atoms with E-state index in [1.54, 1.807) is 38.6 Å². The number of likely N-dealkylation sites (tertiary alicyclic amines) is 1. The van der Waals surface area contributed by atoms with Crippen LogP contribution in [0.25, 0.3) is 0 Å². The third-order valence-corrected chi connectivity index (χ3v) is 9.64. The maximum absolute atomic E-state index is 14.2. The molecule has 0 aromatic heterocycles. The molecule has 3 aliphatic rings. The van der Waals surface area contributed by atoms with E-state index < -0.39 is 22.6 Å². The van der Waals surface area contributed by atoms with E-state index in [0.717, 1.165) is 18.4 Å². The maximum atomic E-state index is 14.2. The van der Waals surface area contributed by atoms with Crippen LogP contribution < -0.4 is 0 Å². The Morgan fingerprint density at radius 2 is 1.86 bits per heavy atom. The summed E-state index contributed by atoms with van der Waals surface area (Å²) in [6, 6.07) is 9.05. The van der Waals surface area contributed by atoms with Crippen LogP contribution in [0.5, 0.6) is 0 Å². The third-order valence-electron chi connectivity index (χ3n) is 7.69. The van der Waals surface area contributed by atoms with Crippen molar-refractivity contribution in [2.45, 2.75) is 48.8 Å². The van der Waals surface area contributed by atoms with Gasteiger partial charge in [-0.15, -0.1) is 24.9 Å². The van der Waals surface area contributed by atoms with Crippen molar-refractivity contribution >= 4 is 29.5 Å². The molecule has 0 saturated carbocycles. The predicted molar refractivity (Wildman–Crippen MR) is 142 cm³/mol. The first-order valence-electron chi connectivity index (χ1n) is 12.9. The second-order valence-electron chi connectivity index (χ2n) is 9.88. The summed E-state index contributed by atoms with van der Waals surface area (Å²) >= 11 is 1.66. The van der Waals surface area contributed by atoms with Crippen LogP contribution in [0.1, 0.15) is 31.7 Å². The highest BCUT2D eigenvalue weighted by atomic mass is 32.2. The van der Waals surface area contributed by atoms with Crippen molar-refractivity contribution in [3.63, 3.8) is 0 Å². The number of amides is 3. The molecular weight excluding hydrogens is 474 g/mol. The molecule has 3 amide bonds. The van der Waals surface area contributed by atoms with E-state index in [-0.39, 0.29) is 36.1 Å². The minimum atomic E-state index is -0.711. The summed E-state index contributed by atoms with van der Waals surface area (Å²) in [5.41, 5.74) is 0.996. The van der Waals surface area contributed by atoms with E-state index in [1.807, 2.05) is 37.3 Å². The van der Waals surface area contributed by atoms with Crippen LogP contribution in [0.15, 0.2) is 55.6 Å². The van der Waals surface area contributed by atoms with Gasteiger partial charge in [-0.3, -0.25) is 14.4 Å². The second-order valence-corrected chi connectivity index (χ2v) is 11.5. The lowest BCUT2D eigenvalue weighted by Crippen LogP contribution is -2.55. The van der Waals surface area contributed by atoms with Gasteiger partial charge in [-0.1, -0.05) is 49.4 Å². The molecule has 1 aromatic carbocycles. The zero-order valence-corrected chi connectivity index (χ0v) is 21.9. The summed E-state index contributed by atoms with van der Waals surface area (Å²) in [6.07, 6.45) is 5.76.